The van der Waals surface area contributed by atoms with Gasteiger partial charge in [-0.3, -0.25) is 4.79 Å². The number of fused-ring (bicyclic) bond motifs is 2. The number of aliphatic hydroxyl groups is 1. The van der Waals surface area contributed by atoms with E-state index in [4.69, 9.17) is 0 Å². The molecule has 2 aliphatic carbocycles. The van der Waals surface area contributed by atoms with Crippen molar-refractivity contribution >= 4 is 16.7 Å². The number of aliphatic hydroxyl groups excluding tert-OH is 1. The van der Waals surface area contributed by atoms with Crippen molar-refractivity contribution in [2.45, 2.75) is 18.9 Å². The first-order valence-corrected chi connectivity index (χ1v) is 7.14. The molecule has 20 heavy (non-hydrogen) atoms. The van der Waals surface area contributed by atoms with Crippen LogP contribution in [-0.4, -0.2) is 17.6 Å². The third-order valence-corrected chi connectivity index (χ3v) is 4.75. The second kappa shape index (κ2) is 4.06. The van der Waals surface area contributed by atoms with E-state index in [1.165, 1.54) is 0 Å². The van der Waals surface area contributed by atoms with E-state index in [0.717, 1.165) is 29.2 Å². The Labute approximate surface area is 117 Å². The van der Waals surface area contributed by atoms with Crippen LogP contribution >= 0.6 is 0 Å². The van der Waals surface area contributed by atoms with Gasteiger partial charge in [0.05, 0.1) is 11.5 Å². The first-order valence-electron chi connectivity index (χ1n) is 7.14. The molecule has 3 nitrogen and oxygen atoms in total. The van der Waals surface area contributed by atoms with Crippen LogP contribution < -0.4 is 5.32 Å². The molecule has 0 bridgehead atoms. The Morgan fingerprint density at radius 2 is 1.95 bits per heavy atom. The Kier molecular flexibility index (Phi) is 2.42. The average molecular weight is 267 g/mol. The van der Waals surface area contributed by atoms with Crippen LogP contribution in [0.1, 0.15) is 24.5 Å². The van der Waals surface area contributed by atoms with Crippen molar-refractivity contribution in [2.75, 3.05) is 6.54 Å². The summed E-state index contributed by atoms with van der Waals surface area (Å²) in [5.74, 6) is 0.766. The minimum atomic E-state index is -0.643. The molecule has 1 atom stereocenters. The van der Waals surface area contributed by atoms with Crippen molar-refractivity contribution in [3.8, 4) is 0 Å². The maximum absolute atomic E-state index is 11.9. The maximum Gasteiger partial charge on any atom is 0.226 e. The molecule has 2 saturated carbocycles. The highest BCUT2D eigenvalue weighted by Gasteiger charge is 2.74. The number of amides is 1. The molecule has 2 aromatic carbocycles. The lowest BCUT2D eigenvalue weighted by molar-refractivity contribution is -0.124. The summed E-state index contributed by atoms with van der Waals surface area (Å²) in [6.07, 6.45) is 1.45. The summed E-state index contributed by atoms with van der Waals surface area (Å²) < 4.78 is 0. The zero-order valence-corrected chi connectivity index (χ0v) is 11.2. The van der Waals surface area contributed by atoms with Gasteiger partial charge in [0.25, 0.3) is 0 Å². The molecule has 0 heterocycles. The average Bonchev–Trinajstić information content (AvgIpc) is 3.33. The second-order valence-electron chi connectivity index (χ2n) is 6.09. The Bertz CT molecular complexity index is 688. The lowest BCUT2D eigenvalue weighted by Gasteiger charge is -2.14. The topological polar surface area (TPSA) is 49.3 Å². The zero-order valence-electron chi connectivity index (χ0n) is 11.2. The second-order valence-corrected chi connectivity index (χ2v) is 6.09. The molecule has 2 aliphatic rings. The van der Waals surface area contributed by atoms with Crippen LogP contribution in [0.4, 0.5) is 0 Å². The van der Waals surface area contributed by atoms with E-state index >= 15 is 0 Å². The van der Waals surface area contributed by atoms with Crippen molar-refractivity contribution in [3.63, 3.8) is 0 Å². The maximum atomic E-state index is 11.9. The van der Waals surface area contributed by atoms with Crippen molar-refractivity contribution < 1.29 is 9.90 Å². The predicted molar refractivity (Wildman–Crippen MR) is 77.1 cm³/mol. The molecular weight excluding hydrogens is 250 g/mol. The molecular formula is C17H17NO2. The lowest BCUT2D eigenvalue weighted by atomic mass is 10.0. The molecule has 102 valence electrons. The van der Waals surface area contributed by atoms with Crippen LogP contribution in [0.3, 0.4) is 0 Å². The fourth-order valence-electron chi connectivity index (χ4n) is 2.97. The minimum absolute atomic E-state index is 0.0247. The van der Waals surface area contributed by atoms with Crippen molar-refractivity contribution in [1.82, 2.24) is 5.32 Å². The Morgan fingerprint density at radius 1 is 1.25 bits per heavy atom. The molecule has 4 rings (SSSR count). The van der Waals surface area contributed by atoms with Crippen LogP contribution in [0, 0.1) is 11.3 Å². The van der Waals surface area contributed by atoms with Crippen LogP contribution in [0.25, 0.3) is 10.8 Å². The summed E-state index contributed by atoms with van der Waals surface area (Å²) in [7, 11) is 0. The van der Waals surface area contributed by atoms with Gasteiger partial charge in [0, 0.05) is 6.54 Å². The van der Waals surface area contributed by atoms with Gasteiger partial charge < -0.3 is 10.4 Å². The largest absolute Gasteiger partial charge is 0.387 e. The number of hydrogen-bond acceptors (Lipinski definition) is 2. The molecule has 0 saturated heterocycles. The van der Waals surface area contributed by atoms with Gasteiger partial charge in [-0.1, -0.05) is 36.4 Å². The molecule has 0 aliphatic heterocycles. The molecule has 0 aromatic heterocycles. The molecule has 1 amide bonds. The fourth-order valence-corrected chi connectivity index (χ4v) is 2.97. The van der Waals surface area contributed by atoms with E-state index in [2.05, 4.69) is 5.32 Å². The Hall–Kier alpha value is -1.87. The predicted octanol–water partition coefficient (Wildman–Crippen LogP) is 2.40. The Balaban J connectivity index is 1.45. The van der Waals surface area contributed by atoms with Gasteiger partial charge in [0.2, 0.25) is 5.91 Å². The van der Waals surface area contributed by atoms with Gasteiger partial charge in [-0.15, -0.1) is 0 Å². The molecule has 2 N–H and O–H groups in total. The normalized spacial score (nSPS) is 27.8. The SMILES string of the molecule is O=C(NCC(O)c1ccc2ccccc2c1)C12CC1C2. The van der Waals surface area contributed by atoms with Gasteiger partial charge in [0.1, 0.15) is 0 Å². The zero-order chi connectivity index (χ0) is 13.7. The van der Waals surface area contributed by atoms with Crippen LogP contribution in [0.5, 0.6) is 0 Å². The number of benzene rings is 2. The third kappa shape index (κ3) is 1.81. The fraction of sp³-hybridized carbons (Fsp3) is 0.353. The molecule has 3 heteroatoms. The number of rotatable bonds is 4. The highest BCUT2D eigenvalue weighted by atomic mass is 16.3. The number of nitrogens with one attached hydrogen (secondary N) is 1. The smallest absolute Gasteiger partial charge is 0.226 e. The number of hydrogen-bond donors (Lipinski definition) is 2. The van der Waals surface area contributed by atoms with Gasteiger partial charge >= 0.3 is 0 Å². The summed E-state index contributed by atoms with van der Waals surface area (Å²) in [6, 6.07) is 14.0. The number of carbonyl (C=O) groups is 1. The quantitative estimate of drug-likeness (QED) is 0.893. The van der Waals surface area contributed by atoms with E-state index in [0.29, 0.717) is 12.5 Å². The molecule has 2 fully saturated rings. The highest BCUT2D eigenvalue weighted by molar-refractivity contribution is 5.90. The van der Waals surface area contributed by atoms with Crippen molar-refractivity contribution in [1.29, 1.82) is 0 Å². The van der Waals surface area contributed by atoms with Crippen LogP contribution in [0.2, 0.25) is 0 Å². The van der Waals surface area contributed by atoms with E-state index in [9.17, 15) is 9.90 Å². The van der Waals surface area contributed by atoms with E-state index in [1.807, 2.05) is 42.5 Å². The molecule has 2 aromatic rings. The van der Waals surface area contributed by atoms with Crippen LogP contribution in [-0.2, 0) is 4.79 Å². The van der Waals surface area contributed by atoms with Gasteiger partial charge in [-0.2, -0.15) is 0 Å². The van der Waals surface area contributed by atoms with Gasteiger partial charge in [-0.25, -0.2) is 0 Å². The number of carbonyl (C=O) groups excluding carboxylic acids is 1. The summed E-state index contributed by atoms with van der Waals surface area (Å²) in [5.41, 5.74) is 0.827. The standard InChI is InChI=1S/C17H17NO2/c19-15(10-18-16(20)17-8-14(17)9-17)13-6-5-11-3-1-2-4-12(11)7-13/h1-7,14-15,19H,8-10H2,(H,18,20). The highest BCUT2D eigenvalue weighted by Crippen LogP contribution is 2.75. The Morgan fingerprint density at radius 3 is 2.65 bits per heavy atom. The molecule has 1 unspecified atom stereocenters. The molecule has 0 radical (unpaired) electrons. The van der Waals surface area contributed by atoms with Crippen molar-refractivity contribution in [2.24, 2.45) is 11.3 Å². The first kappa shape index (κ1) is 11.9. The van der Waals surface area contributed by atoms with Crippen molar-refractivity contribution in [3.05, 3.63) is 48.0 Å². The third-order valence-electron chi connectivity index (χ3n) is 4.75. The molecule has 0 spiro atoms. The first-order chi connectivity index (χ1) is 9.69. The van der Waals surface area contributed by atoms with Gasteiger partial charge in [-0.05, 0) is 41.2 Å². The summed E-state index contributed by atoms with van der Waals surface area (Å²) >= 11 is 0. The summed E-state index contributed by atoms with van der Waals surface area (Å²) in [6.45, 7) is 0.297. The van der Waals surface area contributed by atoms with Gasteiger partial charge in [0.15, 0.2) is 0 Å². The van der Waals surface area contributed by atoms with Crippen LogP contribution in [0.15, 0.2) is 42.5 Å². The monoisotopic (exact) mass is 267 g/mol. The van der Waals surface area contributed by atoms with E-state index in [-0.39, 0.29) is 11.3 Å². The summed E-state index contributed by atoms with van der Waals surface area (Å²) in [5, 5.41) is 15.4. The van der Waals surface area contributed by atoms with E-state index < -0.39 is 6.10 Å². The van der Waals surface area contributed by atoms with E-state index in [1.54, 1.807) is 0 Å². The minimum Gasteiger partial charge on any atom is -0.387 e. The summed E-state index contributed by atoms with van der Waals surface area (Å²) in [4.78, 5) is 11.9. The lowest BCUT2D eigenvalue weighted by Crippen LogP contribution is -2.31.